The Morgan fingerprint density at radius 1 is 0.724 bits per heavy atom. The SMILES string of the molecule is COc1ccccc1O.COc1ccccc1OCC(O)CCl.OC(CCl)CCl. The number of halogens is 3. The van der Waals surface area contributed by atoms with Crippen LogP contribution in [0.2, 0.25) is 0 Å². The molecule has 0 saturated heterocycles. The van der Waals surface area contributed by atoms with Crippen molar-refractivity contribution in [3.63, 3.8) is 0 Å². The molecule has 0 fully saturated rings. The summed E-state index contributed by atoms with van der Waals surface area (Å²) >= 11 is 15.7. The Hall–Kier alpha value is -1.57. The second-order valence-electron chi connectivity index (χ2n) is 5.40. The molecule has 1 unspecified atom stereocenters. The monoisotopic (exact) mass is 468 g/mol. The fraction of sp³-hybridized carbons (Fsp3) is 0.400. The third kappa shape index (κ3) is 12.6. The van der Waals surface area contributed by atoms with E-state index in [9.17, 15) is 5.11 Å². The van der Waals surface area contributed by atoms with E-state index in [0.29, 0.717) is 17.2 Å². The van der Waals surface area contributed by atoms with Crippen molar-refractivity contribution >= 4 is 34.8 Å². The molecule has 0 heterocycles. The number of aliphatic hydroxyl groups excluding tert-OH is 2. The van der Waals surface area contributed by atoms with Gasteiger partial charge in [-0.25, -0.2) is 0 Å². The second kappa shape index (κ2) is 17.3. The number of rotatable bonds is 8. The Labute approximate surface area is 186 Å². The van der Waals surface area contributed by atoms with Gasteiger partial charge in [-0.15, -0.1) is 34.8 Å². The van der Waals surface area contributed by atoms with Crippen LogP contribution in [-0.2, 0) is 0 Å². The van der Waals surface area contributed by atoms with Gasteiger partial charge < -0.3 is 29.5 Å². The van der Waals surface area contributed by atoms with Crippen molar-refractivity contribution in [2.24, 2.45) is 0 Å². The Morgan fingerprint density at radius 3 is 1.55 bits per heavy atom. The number of para-hydroxylation sites is 4. The first-order valence-corrected chi connectivity index (χ1v) is 10.2. The van der Waals surface area contributed by atoms with E-state index in [1.165, 1.54) is 7.11 Å². The highest BCUT2D eigenvalue weighted by molar-refractivity contribution is 6.21. The van der Waals surface area contributed by atoms with E-state index < -0.39 is 12.2 Å². The van der Waals surface area contributed by atoms with Gasteiger partial charge >= 0.3 is 0 Å². The van der Waals surface area contributed by atoms with Crippen molar-refractivity contribution in [2.45, 2.75) is 12.2 Å². The summed E-state index contributed by atoms with van der Waals surface area (Å²) in [7, 11) is 3.09. The molecule has 2 aromatic rings. The minimum absolute atomic E-state index is 0.162. The third-order valence-electron chi connectivity index (χ3n) is 3.12. The van der Waals surface area contributed by atoms with Gasteiger partial charge in [-0.3, -0.25) is 0 Å². The summed E-state index contributed by atoms with van der Waals surface area (Å²) in [5.41, 5.74) is 0. The Morgan fingerprint density at radius 2 is 1.17 bits per heavy atom. The van der Waals surface area contributed by atoms with Crippen molar-refractivity contribution in [2.75, 3.05) is 38.5 Å². The van der Waals surface area contributed by atoms with E-state index in [4.69, 9.17) is 59.2 Å². The molecule has 2 rings (SSSR count). The van der Waals surface area contributed by atoms with Crippen LogP contribution in [0, 0.1) is 0 Å². The maximum Gasteiger partial charge on any atom is 0.161 e. The number of hydrogen-bond donors (Lipinski definition) is 3. The van der Waals surface area contributed by atoms with Crippen LogP contribution in [-0.4, -0.2) is 66.0 Å². The van der Waals surface area contributed by atoms with E-state index in [0.717, 1.165) is 0 Å². The predicted octanol–water partition coefficient (Wildman–Crippen LogP) is 3.90. The highest BCUT2D eigenvalue weighted by Gasteiger charge is 2.06. The summed E-state index contributed by atoms with van der Waals surface area (Å²) in [4.78, 5) is 0. The summed E-state index contributed by atoms with van der Waals surface area (Å²) in [5, 5.41) is 26.6. The summed E-state index contributed by atoms with van der Waals surface area (Å²) in [6.07, 6.45) is -1.19. The third-order valence-corrected chi connectivity index (χ3v) is 4.19. The van der Waals surface area contributed by atoms with Gasteiger partial charge in [-0.1, -0.05) is 24.3 Å². The number of phenolic OH excluding ortho intramolecular Hbond substituents is 1. The molecule has 3 N–H and O–H groups in total. The van der Waals surface area contributed by atoms with Crippen LogP contribution in [0.25, 0.3) is 0 Å². The predicted molar refractivity (Wildman–Crippen MR) is 117 cm³/mol. The highest BCUT2D eigenvalue weighted by atomic mass is 35.5. The fourth-order valence-electron chi connectivity index (χ4n) is 1.64. The Balaban J connectivity index is 0.000000448. The van der Waals surface area contributed by atoms with Crippen molar-refractivity contribution in [1.82, 2.24) is 0 Å². The van der Waals surface area contributed by atoms with E-state index in [1.54, 1.807) is 43.5 Å². The molecule has 0 saturated carbocycles. The van der Waals surface area contributed by atoms with Gasteiger partial charge in [-0.2, -0.15) is 0 Å². The van der Waals surface area contributed by atoms with Gasteiger partial charge in [0.25, 0.3) is 0 Å². The van der Waals surface area contributed by atoms with Gasteiger partial charge in [0.1, 0.15) is 12.7 Å². The molecule has 6 nitrogen and oxygen atoms in total. The maximum atomic E-state index is 9.19. The standard InChI is InChI=1S/C10H13ClO3.C7H8O2.C3H6Cl2O/c1-13-9-4-2-3-5-10(9)14-7-8(12)6-11;1-9-7-5-3-2-4-6(7)8;4-1-3(6)2-5/h2-5,8,12H,6-7H2,1H3;2-5,8H,1H3;3,6H,1-2H2. The number of phenols is 1. The molecule has 1 atom stereocenters. The van der Waals surface area contributed by atoms with E-state index in [1.807, 2.05) is 12.1 Å². The zero-order valence-electron chi connectivity index (χ0n) is 16.3. The largest absolute Gasteiger partial charge is 0.504 e. The van der Waals surface area contributed by atoms with E-state index in [2.05, 4.69) is 0 Å². The summed E-state index contributed by atoms with van der Waals surface area (Å²) in [5.74, 6) is 2.56. The first kappa shape index (κ1) is 27.4. The average Bonchev–Trinajstić information content (AvgIpc) is 2.78. The average molecular weight is 470 g/mol. The second-order valence-corrected chi connectivity index (χ2v) is 6.33. The lowest BCUT2D eigenvalue weighted by Gasteiger charge is -2.12. The van der Waals surface area contributed by atoms with Crippen LogP contribution >= 0.6 is 34.8 Å². The summed E-state index contributed by atoms with van der Waals surface area (Å²) < 4.78 is 15.2. The molecule has 0 aliphatic rings. The summed E-state index contributed by atoms with van der Waals surface area (Å²) in [6, 6.07) is 14.1. The smallest absolute Gasteiger partial charge is 0.161 e. The molecule has 0 radical (unpaired) electrons. The molecular weight excluding hydrogens is 443 g/mol. The van der Waals surface area contributed by atoms with E-state index >= 15 is 0 Å². The minimum Gasteiger partial charge on any atom is -0.504 e. The molecule has 0 amide bonds. The number of methoxy groups -OCH3 is 2. The Kier molecular flexibility index (Phi) is 16.4. The van der Waals surface area contributed by atoms with Crippen LogP contribution < -0.4 is 14.2 Å². The summed E-state index contributed by atoms with van der Waals surface area (Å²) in [6.45, 7) is 0.171. The minimum atomic E-state index is -0.651. The lowest BCUT2D eigenvalue weighted by molar-refractivity contribution is 0.123. The number of aromatic hydroxyl groups is 1. The molecule has 2 aromatic carbocycles. The normalized spacial score (nSPS) is 10.8. The lowest BCUT2D eigenvalue weighted by atomic mass is 10.3. The van der Waals surface area contributed by atoms with Gasteiger partial charge in [0.05, 0.1) is 26.2 Å². The molecule has 9 heteroatoms. The topological polar surface area (TPSA) is 88.4 Å². The van der Waals surface area contributed by atoms with Crippen LogP contribution in [0.15, 0.2) is 48.5 Å². The quantitative estimate of drug-likeness (QED) is 0.508. The zero-order chi connectivity index (χ0) is 22.1. The number of ether oxygens (including phenoxy) is 3. The van der Waals surface area contributed by atoms with Crippen LogP contribution in [0.5, 0.6) is 23.0 Å². The number of alkyl halides is 3. The fourth-order valence-corrected chi connectivity index (χ4v) is 2.06. The molecule has 164 valence electrons. The molecule has 0 aliphatic heterocycles. The Bertz CT molecular complexity index is 656. The lowest BCUT2D eigenvalue weighted by Crippen LogP contribution is -2.19. The number of benzene rings is 2. The zero-order valence-corrected chi connectivity index (χ0v) is 18.6. The molecule has 0 aromatic heterocycles. The first-order valence-electron chi connectivity index (χ1n) is 8.55. The number of hydrogen-bond acceptors (Lipinski definition) is 6. The molecule has 0 aliphatic carbocycles. The van der Waals surface area contributed by atoms with Gasteiger partial charge in [0, 0.05) is 11.8 Å². The van der Waals surface area contributed by atoms with Gasteiger partial charge in [0.15, 0.2) is 23.0 Å². The molecule has 0 bridgehead atoms. The van der Waals surface area contributed by atoms with Crippen molar-refractivity contribution < 1.29 is 29.5 Å². The van der Waals surface area contributed by atoms with Crippen LogP contribution in [0.3, 0.4) is 0 Å². The first-order chi connectivity index (χ1) is 13.9. The van der Waals surface area contributed by atoms with Crippen LogP contribution in [0.4, 0.5) is 0 Å². The van der Waals surface area contributed by atoms with Gasteiger partial charge in [-0.05, 0) is 24.3 Å². The van der Waals surface area contributed by atoms with E-state index in [-0.39, 0.29) is 30.0 Å². The highest BCUT2D eigenvalue weighted by Crippen LogP contribution is 2.25. The molecule has 29 heavy (non-hydrogen) atoms. The number of aliphatic hydroxyl groups is 2. The van der Waals surface area contributed by atoms with Crippen LogP contribution in [0.1, 0.15) is 0 Å². The van der Waals surface area contributed by atoms with Gasteiger partial charge in [0.2, 0.25) is 0 Å². The molecular formula is C20H27Cl3O6. The maximum absolute atomic E-state index is 9.19. The molecule has 0 spiro atoms. The van der Waals surface area contributed by atoms with Crippen molar-refractivity contribution in [1.29, 1.82) is 0 Å². The van der Waals surface area contributed by atoms with Crippen molar-refractivity contribution in [3.05, 3.63) is 48.5 Å². The van der Waals surface area contributed by atoms with Crippen molar-refractivity contribution in [3.8, 4) is 23.0 Å².